The zero-order chi connectivity index (χ0) is 11.2. The molecule has 0 heterocycles. The normalized spacial score (nSPS) is 13.7. The smallest absolute Gasteiger partial charge is 0.133 e. The van der Waals surface area contributed by atoms with E-state index in [4.69, 9.17) is 0 Å². The van der Waals surface area contributed by atoms with Crippen LogP contribution in [0.1, 0.15) is 53.4 Å². The Bertz CT molecular complexity index is 186. The van der Waals surface area contributed by atoms with Crippen molar-refractivity contribution in [3.63, 3.8) is 0 Å². The maximum Gasteiger partial charge on any atom is 0.133 e. The molecule has 0 amide bonds. The van der Waals surface area contributed by atoms with Gasteiger partial charge in [-0.2, -0.15) is 0 Å². The second-order valence-electron chi connectivity index (χ2n) is 5.19. The minimum absolute atomic E-state index is 0.244. The van der Waals surface area contributed by atoms with E-state index in [0.717, 1.165) is 19.3 Å². The van der Waals surface area contributed by atoms with E-state index in [1.54, 1.807) is 0 Å². The summed E-state index contributed by atoms with van der Waals surface area (Å²) in [6, 6.07) is 0. The monoisotopic (exact) mass is 196 g/mol. The van der Waals surface area contributed by atoms with Gasteiger partial charge in [-0.25, -0.2) is 0 Å². The summed E-state index contributed by atoms with van der Waals surface area (Å²) >= 11 is 0. The Morgan fingerprint density at radius 2 is 2.00 bits per heavy atom. The highest BCUT2D eigenvalue weighted by Gasteiger charge is 2.21. The van der Waals surface area contributed by atoms with Crippen molar-refractivity contribution in [1.82, 2.24) is 0 Å². The van der Waals surface area contributed by atoms with E-state index in [1.165, 1.54) is 0 Å². The Balaban J connectivity index is 3.77. The number of carbonyl (C=O) groups excluding carboxylic acids is 1. The highest BCUT2D eigenvalue weighted by molar-refractivity contribution is 5.78. The molecule has 0 fully saturated rings. The SMILES string of the molecule is C=CCCCC(=O)CC(C)C(C)(C)C. The van der Waals surface area contributed by atoms with Gasteiger partial charge in [0.25, 0.3) is 0 Å². The first-order chi connectivity index (χ1) is 6.38. The predicted octanol–water partition coefficient (Wildman–Crippen LogP) is 3.98. The predicted molar refractivity (Wildman–Crippen MR) is 62.3 cm³/mol. The van der Waals surface area contributed by atoms with E-state index in [2.05, 4.69) is 34.3 Å². The van der Waals surface area contributed by atoms with Gasteiger partial charge < -0.3 is 0 Å². The summed E-state index contributed by atoms with van der Waals surface area (Å²) in [6.07, 6.45) is 5.22. The van der Waals surface area contributed by atoms with Crippen LogP contribution >= 0.6 is 0 Å². The number of carbonyl (C=O) groups is 1. The fraction of sp³-hybridized carbons (Fsp3) is 0.769. The molecule has 0 aliphatic heterocycles. The number of rotatable bonds is 6. The van der Waals surface area contributed by atoms with Crippen LogP contribution in [-0.2, 0) is 4.79 Å². The average molecular weight is 196 g/mol. The summed E-state index contributed by atoms with van der Waals surface area (Å²) in [5.74, 6) is 0.869. The van der Waals surface area contributed by atoms with Crippen molar-refractivity contribution in [2.45, 2.75) is 53.4 Å². The Morgan fingerprint density at radius 3 is 2.43 bits per heavy atom. The van der Waals surface area contributed by atoms with E-state index >= 15 is 0 Å². The average Bonchev–Trinajstić information content (AvgIpc) is 2.03. The van der Waals surface area contributed by atoms with Gasteiger partial charge in [0.15, 0.2) is 0 Å². The molecule has 1 atom stereocenters. The third-order valence-electron chi connectivity index (χ3n) is 2.88. The molecule has 0 aliphatic rings. The molecule has 0 aromatic carbocycles. The van der Waals surface area contributed by atoms with Gasteiger partial charge in [-0.15, -0.1) is 6.58 Å². The van der Waals surface area contributed by atoms with Crippen molar-refractivity contribution in [2.75, 3.05) is 0 Å². The maximum absolute atomic E-state index is 11.5. The molecule has 1 heteroatoms. The number of allylic oxidation sites excluding steroid dienone is 1. The van der Waals surface area contributed by atoms with Crippen molar-refractivity contribution in [2.24, 2.45) is 11.3 Å². The molecule has 0 bridgehead atoms. The van der Waals surface area contributed by atoms with Crippen LogP contribution in [0.15, 0.2) is 12.7 Å². The zero-order valence-electron chi connectivity index (χ0n) is 10.1. The maximum atomic E-state index is 11.5. The standard InChI is InChI=1S/C13H24O/c1-6-7-8-9-12(14)10-11(2)13(3,4)5/h6,11H,1,7-10H2,2-5H3. The lowest BCUT2D eigenvalue weighted by molar-refractivity contribution is -0.120. The molecule has 0 aliphatic carbocycles. The quantitative estimate of drug-likeness (QED) is 0.464. The number of unbranched alkanes of at least 4 members (excludes halogenated alkanes) is 1. The number of hydrogen-bond donors (Lipinski definition) is 0. The first-order valence-electron chi connectivity index (χ1n) is 5.50. The van der Waals surface area contributed by atoms with Crippen LogP contribution in [0, 0.1) is 11.3 Å². The molecule has 1 unspecified atom stereocenters. The highest BCUT2D eigenvalue weighted by Crippen LogP contribution is 2.28. The summed E-state index contributed by atoms with van der Waals surface area (Å²) in [7, 11) is 0. The Kier molecular flexibility index (Phi) is 5.75. The van der Waals surface area contributed by atoms with Crippen molar-refractivity contribution >= 4 is 5.78 Å². The largest absolute Gasteiger partial charge is 0.300 e. The summed E-state index contributed by atoms with van der Waals surface area (Å²) in [4.78, 5) is 11.5. The minimum atomic E-state index is 0.244. The molecular formula is C13H24O. The van der Waals surface area contributed by atoms with Gasteiger partial charge in [-0.3, -0.25) is 4.79 Å². The second-order valence-corrected chi connectivity index (χ2v) is 5.19. The highest BCUT2D eigenvalue weighted by atomic mass is 16.1. The number of hydrogen-bond acceptors (Lipinski definition) is 1. The fourth-order valence-electron chi connectivity index (χ4n) is 1.19. The van der Waals surface area contributed by atoms with Crippen LogP contribution in [0.5, 0.6) is 0 Å². The Morgan fingerprint density at radius 1 is 1.43 bits per heavy atom. The van der Waals surface area contributed by atoms with Crippen LogP contribution in [0.25, 0.3) is 0 Å². The van der Waals surface area contributed by atoms with Crippen molar-refractivity contribution < 1.29 is 4.79 Å². The van der Waals surface area contributed by atoms with Crippen LogP contribution in [0.2, 0.25) is 0 Å². The van der Waals surface area contributed by atoms with E-state index < -0.39 is 0 Å². The van der Waals surface area contributed by atoms with Crippen LogP contribution in [0.3, 0.4) is 0 Å². The van der Waals surface area contributed by atoms with Crippen LogP contribution in [-0.4, -0.2) is 5.78 Å². The third-order valence-corrected chi connectivity index (χ3v) is 2.88. The van der Waals surface area contributed by atoms with E-state index in [0.29, 0.717) is 18.1 Å². The molecule has 0 aromatic rings. The molecule has 0 spiro atoms. The Labute approximate surface area is 88.6 Å². The van der Waals surface area contributed by atoms with Crippen LogP contribution < -0.4 is 0 Å². The summed E-state index contributed by atoms with van der Waals surface area (Å²) < 4.78 is 0. The van der Waals surface area contributed by atoms with Gasteiger partial charge in [-0.05, 0) is 24.2 Å². The first-order valence-corrected chi connectivity index (χ1v) is 5.50. The van der Waals surface area contributed by atoms with Gasteiger partial charge in [0, 0.05) is 12.8 Å². The van der Waals surface area contributed by atoms with E-state index in [-0.39, 0.29) is 5.41 Å². The molecule has 82 valence electrons. The molecule has 0 aromatic heterocycles. The minimum Gasteiger partial charge on any atom is -0.300 e. The van der Waals surface area contributed by atoms with Gasteiger partial charge in [0.05, 0.1) is 0 Å². The lowest BCUT2D eigenvalue weighted by atomic mass is 9.79. The van der Waals surface area contributed by atoms with Crippen molar-refractivity contribution in [1.29, 1.82) is 0 Å². The lowest BCUT2D eigenvalue weighted by Crippen LogP contribution is -2.20. The molecule has 1 nitrogen and oxygen atoms in total. The molecule has 0 radical (unpaired) electrons. The molecule has 14 heavy (non-hydrogen) atoms. The lowest BCUT2D eigenvalue weighted by Gasteiger charge is -2.26. The molecular weight excluding hydrogens is 172 g/mol. The van der Waals surface area contributed by atoms with Crippen molar-refractivity contribution in [3.8, 4) is 0 Å². The number of Topliss-reactive ketones (excluding diaryl/α,β-unsaturated/α-hetero) is 1. The fourth-order valence-corrected chi connectivity index (χ4v) is 1.19. The Hall–Kier alpha value is -0.590. The second kappa shape index (κ2) is 6.00. The molecule has 0 saturated heterocycles. The van der Waals surface area contributed by atoms with Crippen molar-refractivity contribution in [3.05, 3.63) is 12.7 Å². The van der Waals surface area contributed by atoms with Crippen LogP contribution in [0.4, 0.5) is 0 Å². The third kappa shape index (κ3) is 5.95. The van der Waals surface area contributed by atoms with Gasteiger partial charge in [0.2, 0.25) is 0 Å². The summed E-state index contributed by atoms with van der Waals surface area (Å²) in [6.45, 7) is 12.4. The van der Waals surface area contributed by atoms with Gasteiger partial charge >= 0.3 is 0 Å². The molecule has 0 saturated carbocycles. The zero-order valence-corrected chi connectivity index (χ0v) is 10.1. The number of ketones is 1. The molecule has 0 N–H and O–H groups in total. The summed E-state index contributed by atoms with van der Waals surface area (Å²) in [5, 5.41) is 0. The first kappa shape index (κ1) is 13.4. The summed E-state index contributed by atoms with van der Waals surface area (Å²) in [5.41, 5.74) is 0.244. The van der Waals surface area contributed by atoms with Gasteiger partial charge in [0.1, 0.15) is 5.78 Å². The topological polar surface area (TPSA) is 17.1 Å². The van der Waals surface area contributed by atoms with E-state index in [9.17, 15) is 4.79 Å². The van der Waals surface area contributed by atoms with Gasteiger partial charge in [-0.1, -0.05) is 33.8 Å². The van der Waals surface area contributed by atoms with E-state index in [1.807, 2.05) is 6.08 Å². The molecule has 0 rings (SSSR count).